The Balaban J connectivity index is 0.00000243. The largest absolute Gasteiger partial charge is 0.496 e. The van der Waals surface area contributed by atoms with Crippen LogP contribution in [-0.2, 0) is 4.79 Å². The minimum Gasteiger partial charge on any atom is -0.496 e. The monoisotopic (exact) mass is 394 g/mol. The molecule has 1 heterocycles. The number of para-hydroxylation sites is 1. The highest BCUT2D eigenvalue weighted by Gasteiger charge is 2.27. The maximum absolute atomic E-state index is 12.8. The zero-order chi connectivity index (χ0) is 17.6. The normalized spacial score (nSPS) is 17.7. The summed E-state index contributed by atoms with van der Waals surface area (Å²) in [6, 6.07) is 15.0. The first-order valence-electron chi connectivity index (χ1n) is 8.59. The highest BCUT2D eigenvalue weighted by atomic mass is 35.5. The van der Waals surface area contributed by atoms with E-state index in [9.17, 15) is 4.79 Å². The zero-order valence-electron chi connectivity index (χ0n) is 14.7. The summed E-state index contributed by atoms with van der Waals surface area (Å²) >= 11 is 6.43. The second-order valence-electron chi connectivity index (χ2n) is 6.25. The highest BCUT2D eigenvalue weighted by Crippen LogP contribution is 2.33. The summed E-state index contributed by atoms with van der Waals surface area (Å²) in [6.07, 6.45) is 1.92. The first kappa shape index (κ1) is 20.6. The number of piperidine rings is 1. The van der Waals surface area contributed by atoms with E-state index in [1.165, 1.54) is 0 Å². The molecule has 0 aliphatic carbocycles. The Kier molecular flexibility index (Phi) is 7.76. The van der Waals surface area contributed by atoms with Crippen molar-refractivity contribution in [3.8, 4) is 5.75 Å². The van der Waals surface area contributed by atoms with Gasteiger partial charge in [-0.2, -0.15) is 0 Å². The molecule has 140 valence electrons. The number of halogens is 2. The lowest BCUT2D eigenvalue weighted by molar-refractivity contribution is -0.126. The molecular weight excluding hydrogens is 371 g/mol. The molecule has 1 aliphatic rings. The van der Waals surface area contributed by atoms with Crippen molar-refractivity contribution >= 4 is 29.9 Å². The number of benzene rings is 2. The molecule has 2 aromatic rings. The third-order valence-corrected chi connectivity index (χ3v) is 4.96. The van der Waals surface area contributed by atoms with Gasteiger partial charge in [-0.15, -0.1) is 12.4 Å². The topological polar surface area (TPSA) is 50.4 Å². The molecule has 26 heavy (non-hydrogen) atoms. The number of rotatable bonds is 5. The fourth-order valence-electron chi connectivity index (χ4n) is 3.27. The Bertz CT molecular complexity index is 733. The van der Waals surface area contributed by atoms with Crippen molar-refractivity contribution in [2.75, 3.05) is 20.2 Å². The van der Waals surface area contributed by atoms with Gasteiger partial charge >= 0.3 is 0 Å². The van der Waals surface area contributed by atoms with Gasteiger partial charge in [0.1, 0.15) is 5.75 Å². The minimum absolute atomic E-state index is 0. The van der Waals surface area contributed by atoms with Crippen LogP contribution in [0.15, 0.2) is 48.5 Å². The lowest BCUT2D eigenvalue weighted by Crippen LogP contribution is -2.42. The molecule has 3 rings (SSSR count). The number of hydrogen-bond donors (Lipinski definition) is 2. The maximum Gasteiger partial charge on any atom is 0.225 e. The highest BCUT2D eigenvalue weighted by molar-refractivity contribution is 6.31. The molecule has 1 aliphatic heterocycles. The van der Waals surface area contributed by atoms with E-state index in [1.54, 1.807) is 7.11 Å². The van der Waals surface area contributed by atoms with Gasteiger partial charge < -0.3 is 15.4 Å². The molecule has 0 radical (unpaired) electrons. The van der Waals surface area contributed by atoms with Crippen molar-refractivity contribution in [2.45, 2.75) is 18.9 Å². The van der Waals surface area contributed by atoms with E-state index in [4.69, 9.17) is 16.3 Å². The Hall–Kier alpha value is -1.75. The quantitative estimate of drug-likeness (QED) is 0.806. The fourth-order valence-corrected chi connectivity index (χ4v) is 3.52. The van der Waals surface area contributed by atoms with E-state index in [1.807, 2.05) is 48.5 Å². The second-order valence-corrected chi connectivity index (χ2v) is 6.66. The summed E-state index contributed by atoms with van der Waals surface area (Å²) in [4.78, 5) is 12.8. The van der Waals surface area contributed by atoms with Crippen LogP contribution in [-0.4, -0.2) is 26.1 Å². The molecule has 2 aromatic carbocycles. The molecule has 2 unspecified atom stereocenters. The molecule has 1 fully saturated rings. The van der Waals surface area contributed by atoms with Crippen molar-refractivity contribution in [1.82, 2.24) is 10.6 Å². The molecule has 0 aromatic heterocycles. The van der Waals surface area contributed by atoms with Crippen molar-refractivity contribution in [3.63, 3.8) is 0 Å². The van der Waals surface area contributed by atoms with Crippen LogP contribution in [0.5, 0.6) is 5.75 Å². The number of nitrogens with one attached hydrogen (secondary N) is 2. The van der Waals surface area contributed by atoms with Gasteiger partial charge in [0.05, 0.1) is 19.1 Å². The fraction of sp³-hybridized carbons (Fsp3) is 0.350. The molecule has 0 saturated carbocycles. The Morgan fingerprint density at radius 3 is 2.54 bits per heavy atom. The Morgan fingerprint density at radius 1 is 1.19 bits per heavy atom. The van der Waals surface area contributed by atoms with Crippen LogP contribution in [0.4, 0.5) is 0 Å². The summed E-state index contributed by atoms with van der Waals surface area (Å²) in [5.74, 6) is 0.756. The van der Waals surface area contributed by atoms with Gasteiger partial charge in [0.25, 0.3) is 0 Å². The number of carbonyl (C=O) groups is 1. The predicted octanol–water partition coefficient (Wildman–Crippen LogP) is 3.98. The van der Waals surface area contributed by atoms with Crippen molar-refractivity contribution < 1.29 is 9.53 Å². The lowest BCUT2D eigenvalue weighted by Gasteiger charge is -2.27. The lowest BCUT2D eigenvalue weighted by atomic mass is 9.94. The molecule has 6 heteroatoms. The molecule has 2 atom stereocenters. The van der Waals surface area contributed by atoms with E-state index >= 15 is 0 Å². The van der Waals surface area contributed by atoms with Gasteiger partial charge in [0.2, 0.25) is 5.91 Å². The summed E-state index contributed by atoms with van der Waals surface area (Å²) in [6.45, 7) is 1.69. The van der Waals surface area contributed by atoms with Gasteiger partial charge in [0.15, 0.2) is 0 Å². The van der Waals surface area contributed by atoms with Crippen molar-refractivity contribution in [1.29, 1.82) is 0 Å². The standard InChI is InChI=1S/C20H23ClN2O2.ClH/c1-25-18-11-5-3-9-16(18)19(15-8-2-4-10-17(15)21)23-20(24)14-7-6-12-22-13-14;/h2-5,8-11,14,19,22H,6-7,12-13H2,1H3,(H,23,24);1H. The number of amides is 1. The molecule has 0 spiro atoms. The van der Waals surface area contributed by atoms with Gasteiger partial charge in [-0.1, -0.05) is 48.0 Å². The van der Waals surface area contributed by atoms with Crippen LogP contribution >= 0.6 is 24.0 Å². The van der Waals surface area contributed by atoms with Crippen LogP contribution in [0, 0.1) is 5.92 Å². The smallest absolute Gasteiger partial charge is 0.225 e. The van der Waals surface area contributed by atoms with Gasteiger partial charge in [-0.25, -0.2) is 0 Å². The number of ether oxygens (including phenoxy) is 1. The zero-order valence-corrected chi connectivity index (χ0v) is 16.3. The average molecular weight is 395 g/mol. The SMILES string of the molecule is COc1ccccc1C(NC(=O)C1CCCNC1)c1ccccc1Cl.Cl. The third kappa shape index (κ3) is 4.70. The van der Waals surface area contributed by atoms with E-state index in [2.05, 4.69) is 10.6 Å². The van der Waals surface area contributed by atoms with Crippen LogP contribution in [0.25, 0.3) is 0 Å². The molecule has 0 bridgehead atoms. The van der Waals surface area contributed by atoms with Crippen LogP contribution in [0.2, 0.25) is 5.02 Å². The summed E-state index contributed by atoms with van der Waals surface area (Å²) in [7, 11) is 1.63. The minimum atomic E-state index is -0.348. The van der Waals surface area contributed by atoms with Gasteiger partial charge in [-0.05, 0) is 37.1 Å². The second kappa shape index (κ2) is 9.81. The Labute approximate surface area is 165 Å². The van der Waals surface area contributed by atoms with E-state index in [0.29, 0.717) is 11.6 Å². The molecule has 1 amide bonds. The number of hydrogen-bond acceptors (Lipinski definition) is 3. The summed E-state index contributed by atoms with van der Waals surface area (Å²) in [5, 5.41) is 7.11. The van der Waals surface area contributed by atoms with E-state index in [0.717, 1.165) is 36.3 Å². The average Bonchev–Trinajstić information content (AvgIpc) is 2.67. The molecular formula is C20H24Cl2N2O2. The van der Waals surface area contributed by atoms with E-state index < -0.39 is 0 Å². The maximum atomic E-state index is 12.8. The van der Waals surface area contributed by atoms with Gasteiger partial charge in [0, 0.05) is 17.1 Å². The van der Waals surface area contributed by atoms with Crippen LogP contribution in [0.1, 0.15) is 30.0 Å². The van der Waals surface area contributed by atoms with Crippen molar-refractivity contribution in [2.24, 2.45) is 5.92 Å². The first-order valence-corrected chi connectivity index (χ1v) is 8.97. The third-order valence-electron chi connectivity index (χ3n) is 4.62. The number of carbonyl (C=O) groups excluding carboxylic acids is 1. The van der Waals surface area contributed by atoms with Gasteiger partial charge in [-0.3, -0.25) is 4.79 Å². The first-order chi connectivity index (χ1) is 12.2. The summed E-state index contributed by atoms with van der Waals surface area (Å²) in [5.41, 5.74) is 1.76. The predicted molar refractivity (Wildman–Crippen MR) is 107 cm³/mol. The number of methoxy groups -OCH3 is 1. The summed E-state index contributed by atoms with van der Waals surface area (Å²) < 4.78 is 5.51. The van der Waals surface area contributed by atoms with E-state index in [-0.39, 0.29) is 30.3 Å². The van der Waals surface area contributed by atoms with Crippen LogP contribution < -0.4 is 15.4 Å². The Morgan fingerprint density at radius 2 is 1.88 bits per heavy atom. The van der Waals surface area contributed by atoms with Crippen LogP contribution in [0.3, 0.4) is 0 Å². The molecule has 1 saturated heterocycles. The molecule has 2 N–H and O–H groups in total. The van der Waals surface area contributed by atoms with Crippen molar-refractivity contribution in [3.05, 3.63) is 64.7 Å². The molecule has 4 nitrogen and oxygen atoms in total.